The molecule has 0 bridgehead atoms. The Morgan fingerprint density at radius 1 is 1.04 bits per heavy atom. The fraction of sp³-hybridized carbons (Fsp3) is 0.611. The minimum absolute atomic E-state index is 0.0436. The molecular formula is C18H28N4O3S. The number of carbonyl (C=O) groups excluding carboxylic acids is 1. The van der Waals surface area contributed by atoms with Crippen LogP contribution in [0.1, 0.15) is 12.8 Å². The summed E-state index contributed by atoms with van der Waals surface area (Å²) in [6.45, 7) is 6.03. The molecule has 8 heteroatoms. The first-order valence-corrected chi connectivity index (χ1v) is 10.9. The van der Waals surface area contributed by atoms with Crippen molar-refractivity contribution in [1.82, 2.24) is 14.5 Å². The van der Waals surface area contributed by atoms with Crippen LogP contribution >= 0.6 is 0 Å². The van der Waals surface area contributed by atoms with Crippen molar-refractivity contribution < 1.29 is 13.2 Å². The molecule has 1 aromatic rings. The van der Waals surface area contributed by atoms with E-state index in [2.05, 4.69) is 39.4 Å². The molecule has 0 spiro atoms. The van der Waals surface area contributed by atoms with Crippen LogP contribution in [0, 0.1) is 0 Å². The normalized spacial score (nSPS) is 21.0. The number of amides is 1. The van der Waals surface area contributed by atoms with Crippen LogP contribution in [0.25, 0.3) is 0 Å². The molecule has 0 aromatic heterocycles. The van der Waals surface area contributed by atoms with Crippen LogP contribution in [0.4, 0.5) is 5.69 Å². The molecular weight excluding hydrogens is 352 g/mol. The lowest BCUT2D eigenvalue weighted by molar-refractivity contribution is -0.121. The molecule has 1 amide bonds. The smallest absolute Gasteiger partial charge is 0.235 e. The second kappa shape index (κ2) is 8.83. The highest BCUT2D eigenvalue weighted by Gasteiger charge is 2.29. The molecule has 0 saturated carbocycles. The molecule has 2 aliphatic rings. The lowest BCUT2D eigenvalue weighted by atomic mass is 10.2. The Kier molecular flexibility index (Phi) is 6.50. The molecule has 0 atom stereocenters. The molecule has 0 radical (unpaired) electrons. The van der Waals surface area contributed by atoms with E-state index >= 15 is 0 Å². The number of anilines is 1. The number of piperazine rings is 1. The standard InChI is InChI=1S/C18H28N4O3S/c23-18(16-22-10-5-15-26(22,24)25)19-8-4-9-20-11-13-21(14-12-20)17-6-2-1-3-7-17/h1-3,6-7H,4-5,8-16H2,(H,19,23). The van der Waals surface area contributed by atoms with Gasteiger partial charge in [-0.15, -0.1) is 0 Å². The van der Waals surface area contributed by atoms with Crippen LogP contribution in [-0.4, -0.2) is 81.6 Å². The van der Waals surface area contributed by atoms with E-state index in [0.29, 0.717) is 19.5 Å². The highest BCUT2D eigenvalue weighted by Crippen LogP contribution is 2.15. The summed E-state index contributed by atoms with van der Waals surface area (Å²) in [4.78, 5) is 16.7. The van der Waals surface area contributed by atoms with Crippen molar-refractivity contribution in [1.29, 1.82) is 0 Å². The number of hydrogen-bond acceptors (Lipinski definition) is 5. The number of benzene rings is 1. The number of nitrogens with one attached hydrogen (secondary N) is 1. The van der Waals surface area contributed by atoms with Crippen molar-refractivity contribution in [2.24, 2.45) is 0 Å². The molecule has 144 valence electrons. The van der Waals surface area contributed by atoms with E-state index in [1.807, 2.05) is 6.07 Å². The van der Waals surface area contributed by atoms with Gasteiger partial charge in [0, 0.05) is 45.0 Å². The maximum Gasteiger partial charge on any atom is 0.235 e. The molecule has 2 aliphatic heterocycles. The second-order valence-electron chi connectivity index (χ2n) is 6.87. The molecule has 1 N–H and O–H groups in total. The maximum absolute atomic E-state index is 11.9. The maximum atomic E-state index is 11.9. The van der Waals surface area contributed by atoms with Crippen molar-refractivity contribution in [3.05, 3.63) is 30.3 Å². The number of rotatable bonds is 7. The monoisotopic (exact) mass is 380 g/mol. The van der Waals surface area contributed by atoms with Gasteiger partial charge in [0.2, 0.25) is 15.9 Å². The summed E-state index contributed by atoms with van der Waals surface area (Å²) >= 11 is 0. The minimum Gasteiger partial charge on any atom is -0.369 e. The predicted molar refractivity (Wildman–Crippen MR) is 103 cm³/mol. The number of nitrogens with zero attached hydrogens (tertiary/aromatic N) is 3. The summed E-state index contributed by atoms with van der Waals surface area (Å²) in [7, 11) is -3.20. The van der Waals surface area contributed by atoms with Crippen LogP contribution < -0.4 is 10.2 Å². The molecule has 1 aromatic carbocycles. The first-order chi connectivity index (χ1) is 12.5. The van der Waals surface area contributed by atoms with E-state index in [4.69, 9.17) is 0 Å². The topological polar surface area (TPSA) is 73.0 Å². The van der Waals surface area contributed by atoms with Gasteiger partial charge in [0.1, 0.15) is 0 Å². The number of carbonyl (C=O) groups is 1. The van der Waals surface area contributed by atoms with Crippen LogP contribution in [0.2, 0.25) is 0 Å². The fourth-order valence-corrected chi connectivity index (χ4v) is 4.96. The Morgan fingerprint density at radius 2 is 1.77 bits per heavy atom. The van der Waals surface area contributed by atoms with E-state index < -0.39 is 10.0 Å². The Morgan fingerprint density at radius 3 is 2.42 bits per heavy atom. The summed E-state index contributed by atoms with van der Waals surface area (Å²) in [6.07, 6.45) is 1.49. The van der Waals surface area contributed by atoms with Gasteiger partial charge in [-0.05, 0) is 31.5 Å². The Labute approximate surface area is 156 Å². The number of sulfonamides is 1. The van der Waals surface area contributed by atoms with Crippen molar-refractivity contribution in [3.8, 4) is 0 Å². The van der Waals surface area contributed by atoms with Crippen molar-refractivity contribution >= 4 is 21.6 Å². The van der Waals surface area contributed by atoms with Gasteiger partial charge in [-0.2, -0.15) is 4.31 Å². The largest absolute Gasteiger partial charge is 0.369 e. The van der Waals surface area contributed by atoms with Crippen LogP contribution in [0.3, 0.4) is 0 Å². The summed E-state index contributed by atoms with van der Waals surface area (Å²) < 4.78 is 24.7. The van der Waals surface area contributed by atoms with Crippen molar-refractivity contribution in [2.45, 2.75) is 12.8 Å². The van der Waals surface area contributed by atoms with Gasteiger partial charge < -0.3 is 10.2 Å². The lowest BCUT2D eigenvalue weighted by Crippen LogP contribution is -2.47. The van der Waals surface area contributed by atoms with Crippen LogP contribution in [0.15, 0.2) is 30.3 Å². The van der Waals surface area contributed by atoms with Crippen LogP contribution in [-0.2, 0) is 14.8 Å². The summed E-state index contributed by atoms with van der Waals surface area (Å²) in [5, 5.41) is 2.84. The summed E-state index contributed by atoms with van der Waals surface area (Å²) in [6, 6.07) is 10.5. The zero-order valence-corrected chi connectivity index (χ0v) is 16.0. The quantitative estimate of drug-likeness (QED) is 0.691. The third kappa shape index (κ3) is 5.18. The van der Waals surface area contributed by atoms with Gasteiger partial charge in [0.15, 0.2) is 0 Å². The van der Waals surface area contributed by atoms with E-state index in [0.717, 1.165) is 39.1 Å². The third-order valence-electron chi connectivity index (χ3n) is 4.99. The third-order valence-corrected chi connectivity index (χ3v) is 6.89. The highest BCUT2D eigenvalue weighted by molar-refractivity contribution is 7.89. The number of para-hydroxylation sites is 1. The SMILES string of the molecule is O=C(CN1CCCS1(=O)=O)NCCCN1CCN(c2ccccc2)CC1. The first-order valence-electron chi connectivity index (χ1n) is 9.31. The second-order valence-corrected chi connectivity index (χ2v) is 8.96. The van der Waals surface area contributed by atoms with Gasteiger partial charge in [-0.25, -0.2) is 8.42 Å². The molecule has 2 fully saturated rings. The van der Waals surface area contributed by atoms with Crippen LogP contribution in [0.5, 0.6) is 0 Å². The molecule has 0 unspecified atom stereocenters. The molecule has 0 aliphatic carbocycles. The van der Waals surface area contributed by atoms with E-state index in [-0.39, 0.29) is 18.2 Å². The Bertz CT molecular complexity index is 688. The molecule has 2 saturated heterocycles. The minimum atomic E-state index is -3.20. The van der Waals surface area contributed by atoms with E-state index in [1.165, 1.54) is 9.99 Å². The van der Waals surface area contributed by atoms with Gasteiger partial charge in [-0.3, -0.25) is 9.69 Å². The summed E-state index contributed by atoms with van der Waals surface area (Å²) in [5.74, 6) is -0.0423. The van der Waals surface area contributed by atoms with E-state index in [1.54, 1.807) is 0 Å². The van der Waals surface area contributed by atoms with Gasteiger partial charge in [0.05, 0.1) is 12.3 Å². The fourth-order valence-electron chi connectivity index (χ4n) is 3.48. The lowest BCUT2D eigenvalue weighted by Gasteiger charge is -2.36. The average Bonchev–Trinajstić information content (AvgIpc) is 2.98. The van der Waals surface area contributed by atoms with Gasteiger partial charge in [-0.1, -0.05) is 18.2 Å². The van der Waals surface area contributed by atoms with Gasteiger partial charge >= 0.3 is 0 Å². The zero-order chi connectivity index (χ0) is 18.4. The molecule has 2 heterocycles. The van der Waals surface area contributed by atoms with Gasteiger partial charge in [0.25, 0.3) is 0 Å². The Hall–Kier alpha value is -1.64. The molecule has 3 rings (SSSR count). The predicted octanol–water partition coefficient (Wildman–Crippen LogP) is 0.350. The molecule has 26 heavy (non-hydrogen) atoms. The van der Waals surface area contributed by atoms with Crippen molar-refractivity contribution in [3.63, 3.8) is 0 Å². The average molecular weight is 381 g/mol. The molecule has 7 nitrogen and oxygen atoms in total. The summed E-state index contributed by atoms with van der Waals surface area (Å²) in [5.41, 5.74) is 1.27. The Balaban J connectivity index is 1.29. The van der Waals surface area contributed by atoms with E-state index in [9.17, 15) is 13.2 Å². The zero-order valence-electron chi connectivity index (χ0n) is 15.1. The number of hydrogen-bond donors (Lipinski definition) is 1. The first kappa shape index (κ1) is 19.1. The van der Waals surface area contributed by atoms with Crippen molar-refractivity contribution in [2.75, 3.05) is 63.0 Å². The highest BCUT2D eigenvalue weighted by atomic mass is 32.2.